The van der Waals surface area contributed by atoms with E-state index in [4.69, 9.17) is 5.73 Å². The first-order chi connectivity index (χ1) is 7.58. The lowest BCUT2D eigenvalue weighted by Gasteiger charge is -2.20. The van der Waals surface area contributed by atoms with Crippen molar-refractivity contribution in [3.05, 3.63) is 29.3 Å². The second-order valence-corrected chi connectivity index (χ2v) is 3.85. The highest BCUT2D eigenvalue weighted by Crippen LogP contribution is 2.19. The van der Waals surface area contributed by atoms with Crippen LogP contribution in [0.4, 0.5) is 5.69 Å². The fourth-order valence-corrected chi connectivity index (χ4v) is 1.65. The largest absolute Gasteiger partial charge is 0.365 e. The summed E-state index contributed by atoms with van der Waals surface area (Å²) in [5.74, 6) is 0.00445. The fraction of sp³-hybridized carbons (Fsp3) is 0.417. The SMILES string of the molecule is CNC(=O)CN(C)c1ccc(CN)cc1C. The van der Waals surface area contributed by atoms with Gasteiger partial charge in [-0.05, 0) is 24.1 Å². The second kappa shape index (κ2) is 5.51. The summed E-state index contributed by atoms with van der Waals surface area (Å²) in [6, 6.07) is 6.04. The topological polar surface area (TPSA) is 58.4 Å². The highest BCUT2D eigenvalue weighted by Gasteiger charge is 2.08. The van der Waals surface area contributed by atoms with Crippen molar-refractivity contribution in [3.63, 3.8) is 0 Å². The minimum absolute atomic E-state index is 0.00445. The van der Waals surface area contributed by atoms with E-state index in [1.54, 1.807) is 7.05 Å². The quantitative estimate of drug-likeness (QED) is 0.784. The van der Waals surface area contributed by atoms with Gasteiger partial charge in [0.1, 0.15) is 0 Å². The van der Waals surface area contributed by atoms with Crippen LogP contribution in [0.5, 0.6) is 0 Å². The Bertz CT molecular complexity index is 377. The van der Waals surface area contributed by atoms with Gasteiger partial charge in [0.05, 0.1) is 6.54 Å². The van der Waals surface area contributed by atoms with Crippen LogP contribution in [-0.4, -0.2) is 26.5 Å². The third-order valence-electron chi connectivity index (χ3n) is 2.57. The zero-order chi connectivity index (χ0) is 12.1. The normalized spacial score (nSPS) is 10.0. The Kier molecular flexibility index (Phi) is 4.31. The summed E-state index contributed by atoms with van der Waals surface area (Å²) in [4.78, 5) is 13.2. The van der Waals surface area contributed by atoms with E-state index < -0.39 is 0 Å². The monoisotopic (exact) mass is 221 g/mol. The highest BCUT2D eigenvalue weighted by molar-refractivity contribution is 5.81. The smallest absolute Gasteiger partial charge is 0.239 e. The molecular weight excluding hydrogens is 202 g/mol. The van der Waals surface area contributed by atoms with Crippen molar-refractivity contribution in [1.82, 2.24) is 5.32 Å². The van der Waals surface area contributed by atoms with Gasteiger partial charge in [0.25, 0.3) is 0 Å². The molecule has 0 aliphatic carbocycles. The number of amides is 1. The standard InChI is InChI=1S/C12H19N3O/c1-9-6-10(7-13)4-5-11(9)15(3)8-12(16)14-2/h4-6H,7-8,13H2,1-3H3,(H,14,16). The molecule has 0 bridgehead atoms. The van der Waals surface area contributed by atoms with E-state index in [0.29, 0.717) is 13.1 Å². The van der Waals surface area contributed by atoms with Crippen molar-refractivity contribution in [2.75, 3.05) is 25.5 Å². The Labute approximate surface area is 96.4 Å². The number of nitrogens with zero attached hydrogens (tertiary/aromatic N) is 1. The van der Waals surface area contributed by atoms with Crippen LogP contribution in [0.3, 0.4) is 0 Å². The first kappa shape index (κ1) is 12.5. The number of nitrogens with two attached hydrogens (primary N) is 1. The molecule has 4 heteroatoms. The summed E-state index contributed by atoms with van der Waals surface area (Å²) >= 11 is 0. The molecule has 1 amide bonds. The van der Waals surface area contributed by atoms with Crippen molar-refractivity contribution in [2.45, 2.75) is 13.5 Å². The Morgan fingerprint density at radius 3 is 2.69 bits per heavy atom. The molecule has 1 aromatic carbocycles. The molecule has 1 aromatic rings. The third kappa shape index (κ3) is 2.97. The molecule has 0 aromatic heterocycles. The van der Waals surface area contributed by atoms with E-state index >= 15 is 0 Å². The number of hydrogen-bond donors (Lipinski definition) is 2. The molecule has 0 fully saturated rings. The van der Waals surface area contributed by atoms with Crippen molar-refractivity contribution >= 4 is 11.6 Å². The number of carbonyl (C=O) groups is 1. The molecule has 1 rings (SSSR count). The molecule has 0 saturated carbocycles. The molecule has 0 aliphatic rings. The number of carbonyl (C=O) groups excluding carboxylic acids is 1. The minimum atomic E-state index is 0.00445. The average molecular weight is 221 g/mol. The van der Waals surface area contributed by atoms with E-state index in [0.717, 1.165) is 16.8 Å². The summed E-state index contributed by atoms with van der Waals surface area (Å²) in [5, 5.41) is 2.61. The predicted octanol–water partition coefficient (Wildman–Crippen LogP) is 0.636. The van der Waals surface area contributed by atoms with Gasteiger partial charge in [-0.1, -0.05) is 12.1 Å². The van der Waals surface area contributed by atoms with Gasteiger partial charge in [-0.15, -0.1) is 0 Å². The predicted molar refractivity (Wildman–Crippen MR) is 66.4 cm³/mol. The van der Waals surface area contributed by atoms with Crippen LogP contribution < -0.4 is 16.0 Å². The molecule has 0 radical (unpaired) electrons. The molecule has 4 nitrogen and oxygen atoms in total. The first-order valence-electron chi connectivity index (χ1n) is 5.29. The Morgan fingerprint density at radius 1 is 1.50 bits per heavy atom. The summed E-state index contributed by atoms with van der Waals surface area (Å²) in [6.45, 7) is 2.93. The van der Waals surface area contributed by atoms with E-state index in [1.165, 1.54) is 0 Å². The maximum atomic E-state index is 11.3. The highest BCUT2D eigenvalue weighted by atomic mass is 16.1. The lowest BCUT2D eigenvalue weighted by atomic mass is 10.1. The van der Waals surface area contributed by atoms with Crippen LogP contribution in [0.15, 0.2) is 18.2 Å². The van der Waals surface area contributed by atoms with Crippen LogP contribution in [-0.2, 0) is 11.3 Å². The zero-order valence-electron chi connectivity index (χ0n) is 10.1. The number of likely N-dealkylation sites (N-methyl/N-ethyl adjacent to an activating group) is 2. The Morgan fingerprint density at radius 2 is 2.19 bits per heavy atom. The lowest BCUT2D eigenvalue weighted by Crippen LogP contribution is -2.33. The zero-order valence-corrected chi connectivity index (χ0v) is 10.1. The van der Waals surface area contributed by atoms with Crippen molar-refractivity contribution < 1.29 is 4.79 Å². The molecule has 0 spiro atoms. The van der Waals surface area contributed by atoms with Gasteiger partial charge in [0.2, 0.25) is 5.91 Å². The number of benzene rings is 1. The number of hydrogen-bond acceptors (Lipinski definition) is 3. The van der Waals surface area contributed by atoms with Crippen LogP contribution in [0, 0.1) is 6.92 Å². The maximum Gasteiger partial charge on any atom is 0.239 e. The molecule has 3 N–H and O–H groups in total. The molecule has 0 heterocycles. The van der Waals surface area contributed by atoms with Gasteiger partial charge in [0.15, 0.2) is 0 Å². The van der Waals surface area contributed by atoms with Crippen molar-refractivity contribution in [3.8, 4) is 0 Å². The van der Waals surface area contributed by atoms with Crippen molar-refractivity contribution in [2.24, 2.45) is 5.73 Å². The van der Waals surface area contributed by atoms with Gasteiger partial charge in [-0.25, -0.2) is 0 Å². The number of aryl methyl sites for hydroxylation is 1. The average Bonchev–Trinajstić information content (AvgIpc) is 2.28. The van der Waals surface area contributed by atoms with Crippen molar-refractivity contribution in [1.29, 1.82) is 0 Å². The third-order valence-corrected chi connectivity index (χ3v) is 2.57. The van der Waals surface area contributed by atoms with E-state index in [-0.39, 0.29) is 5.91 Å². The number of nitrogens with one attached hydrogen (secondary N) is 1. The van der Waals surface area contributed by atoms with E-state index in [1.807, 2.05) is 31.0 Å². The van der Waals surface area contributed by atoms with Crippen LogP contribution in [0.1, 0.15) is 11.1 Å². The van der Waals surface area contributed by atoms with Gasteiger partial charge in [-0.2, -0.15) is 0 Å². The van der Waals surface area contributed by atoms with Crippen LogP contribution >= 0.6 is 0 Å². The number of anilines is 1. The summed E-state index contributed by atoms with van der Waals surface area (Å²) in [6.07, 6.45) is 0. The van der Waals surface area contributed by atoms with Crippen LogP contribution in [0.25, 0.3) is 0 Å². The summed E-state index contributed by atoms with van der Waals surface area (Å²) in [7, 11) is 3.54. The first-order valence-corrected chi connectivity index (χ1v) is 5.29. The molecular formula is C12H19N3O. The van der Waals surface area contributed by atoms with Gasteiger partial charge < -0.3 is 16.0 Å². The molecule has 0 saturated heterocycles. The second-order valence-electron chi connectivity index (χ2n) is 3.85. The minimum Gasteiger partial charge on any atom is -0.365 e. The molecule has 16 heavy (non-hydrogen) atoms. The van der Waals surface area contributed by atoms with Gasteiger partial charge >= 0.3 is 0 Å². The van der Waals surface area contributed by atoms with Crippen LogP contribution in [0.2, 0.25) is 0 Å². The lowest BCUT2D eigenvalue weighted by molar-refractivity contribution is -0.119. The van der Waals surface area contributed by atoms with Gasteiger partial charge in [0, 0.05) is 26.3 Å². The Balaban J connectivity index is 2.83. The summed E-state index contributed by atoms with van der Waals surface area (Å²) in [5.41, 5.74) is 8.87. The number of rotatable bonds is 4. The fourth-order valence-electron chi connectivity index (χ4n) is 1.65. The van der Waals surface area contributed by atoms with E-state index in [9.17, 15) is 4.79 Å². The molecule has 0 aliphatic heterocycles. The molecule has 0 unspecified atom stereocenters. The maximum absolute atomic E-state index is 11.3. The molecule has 0 atom stereocenters. The Hall–Kier alpha value is -1.55. The molecule has 88 valence electrons. The van der Waals surface area contributed by atoms with Gasteiger partial charge in [-0.3, -0.25) is 4.79 Å². The summed E-state index contributed by atoms with van der Waals surface area (Å²) < 4.78 is 0. The van der Waals surface area contributed by atoms with E-state index in [2.05, 4.69) is 11.4 Å².